The van der Waals surface area contributed by atoms with Crippen LogP contribution in [0.2, 0.25) is 0 Å². The number of fused-ring (bicyclic) bond motifs is 1. The van der Waals surface area contributed by atoms with Crippen LogP contribution in [0.4, 0.5) is 0 Å². The second kappa shape index (κ2) is 3.68. The maximum absolute atomic E-state index is 11.5. The molecule has 78 valence electrons. The summed E-state index contributed by atoms with van der Waals surface area (Å²) >= 11 is 0. The van der Waals surface area contributed by atoms with Crippen molar-refractivity contribution >= 4 is 11.6 Å². The molecule has 0 radical (unpaired) electrons. The lowest BCUT2D eigenvalue weighted by Gasteiger charge is -2.04. The molecule has 5 nitrogen and oxygen atoms in total. The Balaban J connectivity index is 2.50. The highest BCUT2D eigenvalue weighted by molar-refractivity contribution is 5.89. The minimum atomic E-state index is -0.390. The molecule has 0 N–H and O–H groups in total. The van der Waals surface area contributed by atoms with E-state index in [2.05, 4.69) is 10.1 Å². The van der Waals surface area contributed by atoms with Crippen LogP contribution in [0.5, 0.6) is 0 Å². The summed E-state index contributed by atoms with van der Waals surface area (Å²) in [6.45, 7) is 3.93. The molecule has 0 aliphatic carbocycles. The van der Waals surface area contributed by atoms with Gasteiger partial charge in [-0.15, -0.1) is 0 Å². The zero-order chi connectivity index (χ0) is 10.8. The van der Waals surface area contributed by atoms with E-state index in [4.69, 9.17) is 4.74 Å². The Morgan fingerprint density at radius 3 is 3.13 bits per heavy atom. The van der Waals surface area contributed by atoms with E-state index in [1.165, 1.54) is 0 Å². The maximum Gasteiger partial charge on any atom is 0.357 e. The van der Waals surface area contributed by atoms with Gasteiger partial charge >= 0.3 is 5.97 Å². The molecule has 2 aromatic rings. The number of carbonyl (C=O) groups excluding carboxylic acids is 1. The first-order valence-electron chi connectivity index (χ1n) is 4.70. The Hall–Kier alpha value is -1.91. The molecule has 2 aromatic heterocycles. The molecular weight excluding hydrogens is 194 g/mol. The smallest absolute Gasteiger partial charge is 0.357 e. The van der Waals surface area contributed by atoms with Gasteiger partial charge in [-0.1, -0.05) is 0 Å². The van der Waals surface area contributed by atoms with Crippen molar-refractivity contribution in [3.8, 4) is 0 Å². The molecule has 0 bridgehead atoms. The second-order valence-corrected chi connectivity index (χ2v) is 3.13. The summed E-state index contributed by atoms with van der Waals surface area (Å²) in [4.78, 5) is 15.7. The van der Waals surface area contributed by atoms with Crippen molar-refractivity contribution < 1.29 is 9.53 Å². The fourth-order valence-electron chi connectivity index (χ4n) is 1.35. The van der Waals surface area contributed by atoms with Crippen LogP contribution >= 0.6 is 0 Å². The fraction of sp³-hybridized carbons (Fsp3) is 0.300. The third-order valence-electron chi connectivity index (χ3n) is 2.03. The number of esters is 1. The van der Waals surface area contributed by atoms with Crippen molar-refractivity contribution in [3.05, 3.63) is 29.7 Å². The second-order valence-electron chi connectivity index (χ2n) is 3.13. The van der Waals surface area contributed by atoms with Gasteiger partial charge in [-0.2, -0.15) is 5.10 Å². The Morgan fingerprint density at radius 1 is 1.60 bits per heavy atom. The molecule has 2 heterocycles. The Kier molecular flexibility index (Phi) is 2.37. The summed E-state index contributed by atoms with van der Waals surface area (Å²) < 4.78 is 6.53. The summed E-state index contributed by atoms with van der Waals surface area (Å²) in [5.74, 6) is -0.390. The summed E-state index contributed by atoms with van der Waals surface area (Å²) in [7, 11) is 0. The van der Waals surface area contributed by atoms with Gasteiger partial charge in [0.05, 0.1) is 12.8 Å². The average molecular weight is 205 g/mol. The average Bonchev–Trinajstić information content (AvgIpc) is 2.63. The first-order chi connectivity index (χ1) is 7.22. The van der Waals surface area contributed by atoms with Crippen LogP contribution in [0.25, 0.3) is 5.65 Å². The van der Waals surface area contributed by atoms with E-state index in [0.29, 0.717) is 17.9 Å². The van der Waals surface area contributed by atoms with Crippen LogP contribution in [0, 0.1) is 6.92 Å². The van der Waals surface area contributed by atoms with Crippen LogP contribution < -0.4 is 0 Å². The molecule has 0 saturated carbocycles. The molecule has 2 rings (SSSR count). The van der Waals surface area contributed by atoms with Crippen LogP contribution in [-0.2, 0) is 4.74 Å². The minimum absolute atomic E-state index is 0.352. The van der Waals surface area contributed by atoms with E-state index < -0.39 is 5.97 Å². The molecule has 0 unspecified atom stereocenters. The van der Waals surface area contributed by atoms with E-state index in [9.17, 15) is 4.79 Å². The quantitative estimate of drug-likeness (QED) is 0.691. The van der Waals surface area contributed by atoms with Crippen molar-refractivity contribution in [2.45, 2.75) is 13.8 Å². The predicted octanol–water partition coefficient (Wildman–Crippen LogP) is 1.21. The Labute approximate surface area is 86.7 Å². The van der Waals surface area contributed by atoms with Crippen molar-refractivity contribution in [1.29, 1.82) is 0 Å². The lowest BCUT2D eigenvalue weighted by atomic mass is 10.2. The minimum Gasteiger partial charge on any atom is -0.461 e. The van der Waals surface area contributed by atoms with E-state index >= 15 is 0 Å². The van der Waals surface area contributed by atoms with E-state index in [1.807, 2.05) is 0 Å². The highest BCUT2D eigenvalue weighted by atomic mass is 16.5. The van der Waals surface area contributed by atoms with Crippen LogP contribution in [-0.4, -0.2) is 27.2 Å². The molecule has 0 fully saturated rings. The summed E-state index contributed by atoms with van der Waals surface area (Å²) in [6.07, 6.45) is 3.39. The lowest BCUT2D eigenvalue weighted by Crippen LogP contribution is -2.10. The lowest BCUT2D eigenvalue weighted by molar-refractivity contribution is 0.0518. The number of carbonyl (C=O) groups is 1. The van der Waals surface area contributed by atoms with Gasteiger partial charge in [0.2, 0.25) is 0 Å². The molecule has 0 saturated heterocycles. The fourth-order valence-corrected chi connectivity index (χ4v) is 1.35. The van der Waals surface area contributed by atoms with Crippen molar-refractivity contribution in [3.63, 3.8) is 0 Å². The Bertz CT molecular complexity index is 504. The van der Waals surface area contributed by atoms with Gasteiger partial charge in [0.1, 0.15) is 0 Å². The number of hydrogen-bond acceptors (Lipinski definition) is 4. The zero-order valence-corrected chi connectivity index (χ0v) is 8.60. The largest absolute Gasteiger partial charge is 0.461 e. The molecule has 0 aliphatic heterocycles. The SMILES string of the molecule is CCOC(=O)c1nc2ccnn2cc1C. The van der Waals surface area contributed by atoms with E-state index in [1.54, 1.807) is 36.8 Å². The van der Waals surface area contributed by atoms with Gasteiger partial charge in [0.15, 0.2) is 11.3 Å². The van der Waals surface area contributed by atoms with Crippen molar-refractivity contribution in [1.82, 2.24) is 14.6 Å². The van der Waals surface area contributed by atoms with Gasteiger partial charge in [-0.05, 0) is 13.8 Å². The summed E-state index contributed by atoms with van der Waals surface area (Å²) in [5, 5.41) is 4.03. The van der Waals surface area contributed by atoms with Crippen molar-refractivity contribution in [2.75, 3.05) is 6.61 Å². The highest BCUT2D eigenvalue weighted by Gasteiger charge is 2.13. The predicted molar refractivity (Wildman–Crippen MR) is 53.7 cm³/mol. The number of rotatable bonds is 2. The number of aryl methyl sites for hydroxylation is 1. The molecule has 0 aliphatic rings. The monoisotopic (exact) mass is 205 g/mol. The molecule has 0 amide bonds. The summed E-state index contributed by atoms with van der Waals surface area (Å²) in [5.41, 5.74) is 1.75. The first kappa shape index (κ1) is 9.64. The molecule has 0 spiro atoms. The van der Waals surface area contributed by atoms with Gasteiger partial charge in [-0.3, -0.25) is 0 Å². The van der Waals surface area contributed by atoms with Crippen molar-refractivity contribution in [2.24, 2.45) is 0 Å². The number of nitrogens with zero attached hydrogens (tertiary/aromatic N) is 3. The number of hydrogen-bond donors (Lipinski definition) is 0. The first-order valence-corrected chi connectivity index (χ1v) is 4.70. The Morgan fingerprint density at radius 2 is 2.40 bits per heavy atom. The molecule has 0 aromatic carbocycles. The standard InChI is InChI=1S/C10H11N3O2/c1-3-15-10(14)9-7(2)6-13-8(12-9)4-5-11-13/h4-6H,3H2,1-2H3. The third-order valence-corrected chi connectivity index (χ3v) is 2.03. The topological polar surface area (TPSA) is 56.5 Å². The third kappa shape index (κ3) is 1.68. The van der Waals surface area contributed by atoms with Gasteiger partial charge in [0, 0.05) is 17.8 Å². The van der Waals surface area contributed by atoms with Crippen LogP contribution in [0.1, 0.15) is 23.0 Å². The number of ether oxygens (including phenoxy) is 1. The molecular formula is C10H11N3O2. The highest BCUT2D eigenvalue weighted by Crippen LogP contribution is 2.08. The van der Waals surface area contributed by atoms with Crippen LogP contribution in [0.15, 0.2) is 18.5 Å². The normalized spacial score (nSPS) is 10.5. The van der Waals surface area contributed by atoms with Gasteiger partial charge < -0.3 is 4.74 Å². The molecule has 15 heavy (non-hydrogen) atoms. The number of aromatic nitrogens is 3. The zero-order valence-electron chi connectivity index (χ0n) is 8.60. The van der Waals surface area contributed by atoms with Gasteiger partial charge in [0.25, 0.3) is 0 Å². The van der Waals surface area contributed by atoms with E-state index in [-0.39, 0.29) is 0 Å². The van der Waals surface area contributed by atoms with Gasteiger partial charge in [-0.25, -0.2) is 14.3 Å². The maximum atomic E-state index is 11.5. The van der Waals surface area contributed by atoms with E-state index in [0.717, 1.165) is 5.56 Å². The summed E-state index contributed by atoms with van der Waals surface area (Å²) in [6, 6.07) is 1.74. The van der Waals surface area contributed by atoms with Crippen LogP contribution in [0.3, 0.4) is 0 Å². The molecule has 0 atom stereocenters. The molecule has 5 heteroatoms.